The van der Waals surface area contributed by atoms with E-state index in [0.29, 0.717) is 6.61 Å². The molecule has 0 spiro atoms. The Morgan fingerprint density at radius 2 is 2.31 bits per heavy atom. The average Bonchev–Trinajstić information content (AvgIpc) is 2.02. The van der Waals surface area contributed by atoms with Gasteiger partial charge in [0.1, 0.15) is 0 Å². The molecule has 0 saturated carbocycles. The van der Waals surface area contributed by atoms with E-state index in [2.05, 4.69) is 10.5 Å². The van der Waals surface area contributed by atoms with E-state index in [1.807, 2.05) is 0 Å². The highest BCUT2D eigenvalue weighted by molar-refractivity contribution is 5.74. The summed E-state index contributed by atoms with van der Waals surface area (Å²) in [6.45, 7) is 5.79. The molecule has 0 unspecified atom stereocenters. The molecule has 5 heteroatoms. The first-order chi connectivity index (χ1) is 6.02. The summed E-state index contributed by atoms with van der Waals surface area (Å²) in [4.78, 5) is 10.9. The summed E-state index contributed by atoms with van der Waals surface area (Å²) in [6.07, 6.45) is 1.31. The third-order valence-electron chi connectivity index (χ3n) is 1.37. The number of rotatable bonds is 5. The minimum atomic E-state index is -0.512. The van der Waals surface area contributed by atoms with Crippen molar-refractivity contribution in [1.29, 1.82) is 0 Å². The first-order valence-corrected chi connectivity index (χ1v) is 4.11. The number of esters is 1. The lowest BCUT2D eigenvalue weighted by Gasteiger charge is -2.19. The topological polar surface area (TPSA) is 70.9 Å². The molecule has 0 aromatic heterocycles. The maximum absolute atomic E-state index is 10.9. The molecule has 0 aromatic rings. The Hall–Kier alpha value is -1.10. The maximum Gasteiger partial charge on any atom is 0.319 e. The van der Waals surface area contributed by atoms with Crippen LogP contribution >= 0.6 is 0 Å². The number of oxime groups is 1. The zero-order chi connectivity index (χ0) is 10.3. The second-order valence-electron chi connectivity index (χ2n) is 3.12. The number of carbonyl (C=O) groups is 1. The normalized spacial score (nSPS) is 11.9. The largest absolute Gasteiger partial charge is 0.465 e. The fourth-order valence-electron chi connectivity index (χ4n) is 0.702. The van der Waals surface area contributed by atoms with Gasteiger partial charge in [0.2, 0.25) is 0 Å². The smallest absolute Gasteiger partial charge is 0.319 e. The Morgan fingerprint density at radius 1 is 1.69 bits per heavy atom. The SMILES string of the molecule is CCOC(=O)CNC(C)(C)/C=N\O. The highest BCUT2D eigenvalue weighted by atomic mass is 16.5. The van der Waals surface area contributed by atoms with Gasteiger partial charge in [0.15, 0.2) is 0 Å². The first-order valence-electron chi connectivity index (χ1n) is 4.11. The van der Waals surface area contributed by atoms with Crippen LogP contribution in [0.2, 0.25) is 0 Å². The summed E-state index contributed by atoms with van der Waals surface area (Å²) in [5.74, 6) is -0.318. The lowest BCUT2D eigenvalue weighted by molar-refractivity contribution is -0.142. The van der Waals surface area contributed by atoms with Crippen molar-refractivity contribution in [3.05, 3.63) is 0 Å². The molecule has 0 bridgehead atoms. The van der Waals surface area contributed by atoms with Crippen LogP contribution in [0.4, 0.5) is 0 Å². The van der Waals surface area contributed by atoms with Crippen molar-refractivity contribution in [2.24, 2.45) is 5.16 Å². The standard InChI is InChI=1S/C8H16N2O3/c1-4-13-7(11)5-9-8(2,3)6-10-12/h6,9,12H,4-5H2,1-3H3/b10-6-. The van der Waals surface area contributed by atoms with Gasteiger partial charge in [0.05, 0.1) is 24.9 Å². The van der Waals surface area contributed by atoms with Crippen LogP contribution in [-0.2, 0) is 9.53 Å². The zero-order valence-corrected chi connectivity index (χ0v) is 8.20. The lowest BCUT2D eigenvalue weighted by atomic mass is 10.1. The Bertz CT molecular complexity index is 190. The van der Waals surface area contributed by atoms with E-state index in [4.69, 9.17) is 9.94 Å². The van der Waals surface area contributed by atoms with E-state index in [9.17, 15) is 4.79 Å². The molecule has 0 heterocycles. The van der Waals surface area contributed by atoms with E-state index >= 15 is 0 Å². The van der Waals surface area contributed by atoms with Gasteiger partial charge in [-0.25, -0.2) is 0 Å². The van der Waals surface area contributed by atoms with Crippen molar-refractivity contribution in [2.45, 2.75) is 26.3 Å². The highest BCUT2D eigenvalue weighted by Crippen LogP contribution is 1.96. The first kappa shape index (κ1) is 11.9. The summed E-state index contributed by atoms with van der Waals surface area (Å²) in [5, 5.41) is 14.0. The van der Waals surface area contributed by atoms with Gasteiger partial charge in [0, 0.05) is 0 Å². The average molecular weight is 188 g/mol. The van der Waals surface area contributed by atoms with E-state index in [1.54, 1.807) is 20.8 Å². The molecule has 0 aromatic carbocycles. The van der Waals surface area contributed by atoms with Gasteiger partial charge in [-0.15, -0.1) is 5.16 Å². The van der Waals surface area contributed by atoms with Crippen LogP contribution in [0, 0.1) is 0 Å². The molecule has 76 valence electrons. The predicted molar refractivity (Wildman–Crippen MR) is 49.0 cm³/mol. The summed E-state index contributed by atoms with van der Waals surface area (Å²) < 4.78 is 4.71. The molecule has 0 amide bonds. The minimum Gasteiger partial charge on any atom is -0.465 e. The maximum atomic E-state index is 10.9. The van der Waals surface area contributed by atoms with Gasteiger partial charge in [-0.3, -0.25) is 10.1 Å². The number of nitrogens with zero attached hydrogens (tertiary/aromatic N) is 1. The molecule has 2 N–H and O–H groups in total. The monoisotopic (exact) mass is 188 g/mol. The number of ether oxygens (including phenoxy) is 1. The zero-order valence-electron chi connectivity index (χ0n) is 8.20. The molecule has 13 heavy (non-hydrogen) atoms. The van der Waals surface area contributed by atoms with Gasteiger partial charge in [-0.05, 0) is 20.8 Å². The predicted octanol–water partition coefficient (Wildman–Crippen LogP) is 0.378. The molecule has 0 radical (unpaired) electrons. The fraction of sp³-hybridized carbons (Fsp3) is 0.750. The molecule has 0 fully saturated rings. The Labute approximate surface area is 77.8 Å². The summed E-state index contributed by atoms with van der Waals surface area (Å²) in [5.41, 5.74) is -0.512. The van der Waals surface area contributed by atoms with E-state index in [-0.39, 0.29) is 12.5 Å². The quantitative estimate of drug-likeness (QED) is 0.283. The summed E-state index contributed by atoms with van der Waals surface area (Å²) in [6, 6.07) is 0. The summed E-state index contributed by atoms with van der Waals surface area (Å²) in [7, 11) is 0. The molecule has 0 saturated heterocycles. The van der Waals surface area contributed by atoms with E-state index < -0.39 is 5.54 Å². The van der Waals surface area contributed by atoms with Crippen LogP contribution in [0.25, 0.3) is 0 Å². The third-order valence-corrected chi connectivity index (χ3v) is 1.37. The Morgan fingerprint density at radius 3 is 2.77 bits per heavy atom. The number of carbonyl (C=O) groups excluding carboxylic acids is 1. The number of hydrogen-bond donors (Lipinski definition) is 2. The van der Waals surface area contributed by atoms with Gasteiger partial charge < -0.3 is 9.94 Å². The molecule has 5 nitrogen and oxygen atoms in total. The van der Waals surface area contributed by atoms with Crippen molar-refractivity contribution >= 4 is 12.2 Å². The molecule has 0 atom stereocenters. The van der Waals surface area contributed by atoms with Crippen LogP contribution in [0.3, 0.4) is 0 Å². The molecular formula is C8H16N2O3. The second-order valence-corrected chi connectivity index (χ2v) is 3.12. The van der Waals surface area contributed by atoms with E-state index in [0.717, 1.165) is 0 Å². The molecule has 0 aliphatic rings. The van der Waals surface area contributed by atoms with Crippen LogP contribution < -0.4 is 5.32 Å². The Balaban J connectivity index is 3.80. The van der Waals surface area contributed by atoms with Crippen molar-refractivity contribution < 1.29 is 14.7 Å². The lowest BCUT2D eigenvalue weighted by Crippen LogP contribution is -2.44. The van der Waals surface area contributed by atoms with Crippen molar-refractivity contribution in [1.82, 2.24) is 5.32 Å². The molecule has 0 aliphatic heterocycles. The Kier molecular flexibility index (Phi) is 5.06. The number of hydrogen-bond acceptors (Lipinski definition) is 5. The van der Waals surface area contributed by atoms with Crippen LogP contribution in [0.1, 0.15) is 20.8 Å². The van der Waals surface area contributed by atoms with Crippen LogP contribution in [0.15, 0.2) is 5.16 Å². The number of nitrogens with one attached hydrogen (secondary N) is 1. The molecular weight excluding hydrogens is 172 g/mol. The highest BCUT2D eigenvalue weighted by Gasteiger charge is 2.15. The van der Waals surface area contributed by atoms with E-state index in [1.165, 1.54) is 6.21 Å². The third kappa shape index (κ3) is 6.10. The minimum absolute atomic E-state index is 0.104. The van der Waals surface area contributed by atoms with Crippen molar-refractivity contribution in [3.63, 3.8) is 0 Å². The molecule has 0 rings (SSSR count). The van der Waals surface area contributed by atoms with Gasteiger partial charge in [0.25, 0.3) is 0 Å². The van der Waals surface area contributed by atoms with Crippen molar-refractivity contribution in [2.75, 3.05) is 13.2 Å². The van der Waals surface area contributed by atoms with Crippen LogP contribution in [0.5, 0.6) is 0 Å². The fourth-order valence-corrected chi connectivity index (χ4v) is 0.702. The van der Waals surface area contributed by atoms with Crippen molar-refractivity contribution in [3.8, 4) is 0 Å². The van der Waals surface area contributed by atoms with Gasteiger partial charge >= 0.3 is 5.97 Å². The van der Waals surface area contributed by atoms with Gasteiger partial charge in [-0.1, -0.05) is 0 Å². The van der Waals surface area contributed by atoms with Gasteiger partial charge in [-0.2, -0.15) is 0 Å². The van der Waals surface area contributed by atoms with Crippen LogP contribution in [-0.4, -0.2) is 36.1 Å². The second kappa shape index (κ2) is 5.53. The molecule has 0 aliphatic carbocycles. The summed E-state index contributed by atoms with van der Waals surface area (Å²) >= 11 is 0.